The van der Waals surface area contributed by atoms with Gasteiger partial charge in [0.25, 0.3) is 0 Å². The van der Waals surface area contributed by atoms with Crippen LogP contribution in [0.3, 0.4) is 0 Å². The Bertz CT molecular complexity index is 473. The molecular weight excluding hydrogens is 251 g/mol. The maximum Gasteiger partial charge on any atom is 0.140 e. The van der Waals surface area contributed by atoms with Crippen molar-refractivity contribution >= 4 is 17.4 Å². The lowest BCUT2D eigenvalue weighted by atomic mass is 10.0. The van der Waals surface area contributed by atoms with Gasteiger partial charge in [0.2, 0.25) is 0 Å². The molecule has 0 bridgehead atoms. The second-order valence-electron chi connectivity index (χ2n) is 5.52. The number of ketones is 1. The zero-order valence-electron chi connectivity index (χ0n) is 10.2. The summed E-state index contributed by atoms with van der Waals surface area (Å²) in [6.07, 6.45) is 5.18. The number of hydrogen-bond acceptors (Lipinski definition) is 1. The first-order valence-corrected chi connectivity index (χ1v) is 7.01. The number of hydrogen-bond donors (Lipinski definition) is 0. The van der Waals surface area contributed by atoms with Crippen molar-refractivity contribution in [3.63, 3.8) is 0 Å². The quantitative estimate of drug-likeness (QED) is 0.807. The molecule has 1 nitrogen and oxygen atoms in total. The van der Waals surface area contributed by atoms with Gasteiger partial charge in [0.05, 0.1) is 0 Å². The summed E-state index contributed by atoms with van der Waals surface area (Å²) >= 11 is 6.00. The van der Waals surface area contributed by atoms with Gasteiger partial charge in [0.1, 0.15) is 11.6 Å². The summed E-state index contributed by atoms with van der Waals surface area (Å²) in [5.41, 5.74) is 0.630. The highest BCUT2D eigenvalue weighted by Gasteiger charge is 2.53. The SMILES string of the molecule is O=C(Cc1cc(F)ccc1Cl)C1C2CCCCC21. The standard InChI is InChI=1S/C15H16ClFO/c16-13-6-5-10(17)7-9(13)8-14(18)15-11-3-1-2-4-12(11)15/h5-7,11-12,15H,1-4,8H2. The molecule has 96 valence electrons. The van der Waals surface area contributed by atoms with E-state index in [1.807, 2.05) is 0 Å². The van der Waals surface area contributed by atoms with Gasteiger partial charge in [-0.05, 0) is 48.4 Å². The first-order chi connectivity index (χ1) is 8.66. The highest BCUT2D eigenvalue weighted by atomic mass is 35.5. The molecule has 0 aliphatic heterocycles. The fourth-order valence-corrected chi connectivity index (χ4v) is 3.64. The molecule has 0 heterocycles. The summed E-state index contributed by atoms with van der Waals surface area (Å²) in [7, 11) is 0. The second kappa shape index (κ2) is 4.65. The van der Waals surface area contributed by atoms with Crippen LogP contribution in [0, 0.1) is 23.6 Å². The Morgan fingerprint density at radius 2 is 1.94 bits per heavy atom. The molecule has 2 saturated carbocycles. The molecule has 0 spiro atoms. The summed E-state index contributed by atoms with van der Waals surface area (Å²) in [5, 5.41) is 0.494. The Labute approximate surface area is 111 Å². The average Bonchev–Trinajstić information content (AvgIpc) is 3.08. The van der Waals surface area contributed by atoms with Crippen LogP contribution in [0.4, 0.5) is 4.39 Å². The fourth-order valence-electron chi connectivity index (χ4n) is 3.45. The lowest BCUT2D eigenvalue weighted by Crippen LogP contribution is -2.08. The summed E-state index contributed by atoms with van der Waals surface area (Å²) < 4.78 is 13.1. The molecule has 3 heteroatoms. The van der Waals surface area contributed by atoms with Crippen molar-refractivity contribution in [2.24, 2.45) is 17.8 Å². The predicted octanol–water partition coefficient (Wildman–Crippen LogP) is 4.03. The van der Waals surface area contributed by atoms with E-state index in [2.05, 4.69) is 0 Å². The Hall–Kier alpha value is -0.890. The molecule has 0 aromatic heterocycles. The fraction of sp³-hybridized carbons (Fsp3) is 0.533. The number of carbonyl (C=O) groups excluding carboxylic acids is 1. The summed E-state index contributed by atoms with van der Waals surface area (Å²) in [6.45, 7) is 0. The van der Waals surface area contributed by atoms with Gasteiger partial charge in [-0.15, -0.1) is 0 Å². The minimum atomic E-state index is -0.324. The average molecular weight is 267 g/mol. The second-order valence-corrected chi connectivity index (χ2v) is 5.92. The van der Waals surface area contributed by atoms with E-state index in [0.717, 1.165) is 0 Å². The third-order valence-corrected chi connectivity index (χ3v) is 4.77. The number of rotatable bonds is 3. The van der Waals surface area contributed by atoms with Gasteiger partial charge < -0.3 is 0 Å². The van der Waals surface area contributed by atoms with E-state index >= 15 is 0 Å². The van der Waals surface area contributed by atoms with E-state index in [4.69, 9.17) is 11.6 Å². The van der Waals surface area contributed by atoms with Crippen molar-refractivity contribution in [3.8, 4) is 0 Å². The predicted molar refractivity (Wildman–Crippen MR) is 69.1 cm³/mol. The maximum absolute atomic E-state index is 13.1. The van der Waals surface area contributed by atoms with Crippen LogP contribution in [0.5, 0.6) is 0 Å². The van der Waals surface area contributed by atoms with Crippen LogP contribution in [-0.4, -0.2) is 5.78 Å². The van der Waals surface area contributed by atoms with E-state index in [1.165, 1.54) is 43.9 Å². The van der Waals surface area contributed by atoms with Gasteiger partial charge in [-0.2, -0.15) is 0 Å². The molecule has 1 aromatic carbocycles. The molecule has 1 aromatic rings. The summed E-state index contributed by atoms with van der Waals surface area (Å²) in [4.78, 5) is 12.2. The third-order valence-electron chi connectivity index (χ3n) is 4.40. The van der Waals surface area contributed by atoms with E-state index in [9.17, 15) is 9.18 Å². The van der Waals surface area contributed by atoms with Crippen LogP contribution >= 0.6 is 11.6 Å². The smallest absolute Gasteiger partial charge is 0.140 e. The van der Waals surface area contributed by atoms with Crippen molar-refractivity contribution in [1.29, 1.82) is 0 Å². The largest absolute Gasteiger partial charge is 0.299 e. The van der Waals surface area contributed by atoms with E-state index in [0.29, 0.717) is 22.4 Å². The van der Waals surface area contributed by atoms with Crippen LogP contribution in [0.15, 0.2) is 18.2 Å². The van der Waals surface area contributed by atoms with Crippen molar-refractivity contribution in [1.82, 2.24) is 0 Å². The molecule has 2 aliphatic carbocycles. The zero-order chi connectivity index (χ0) is 12.7. The highest BCUT2D eigenvalue weighted by Crippen LogP contribution is 2.56. The first-order valence-electron chi connectivity index (χ1n) is 6.63. The summed E-state index contributed by atoms with van der Waals surface area (Å²) in [5.74, 6) is 1.37. The molecule has 0 radical (unpaired) electrons. The maximum atomic E-state index is 13.1. The minimum Gasteiger partial charge on any atom is -0.299 e. The Kier molecular flexibility index (Phi) is 3.14. The van der Waals surface area contributed by atoms with Crippen LogP contribution < -0.4 is 0 Å². The van der Waals surface area contributed by atoms with Crippen molar-refractivity contribution in [2.45, 2.75) is 32.1 Å². The molecule has 0 N–H and O–H groups in total. The lowest BCUT2D eigenvalue weighted by Gasteiger charge is -2.04. The molecule has 2 atom stereocenters. The van der Waals surface area contributed by atoms with E-state index < -0.39 is 0 Å². The van der Waals surface area contributed by atoms with Gasteiger partial charge in [-0.1, -0.05) is 24.4 Å². The number of Topliss-reactive ketones (excluding diaryl/α,β-unsaturated/α-hetero) is 1. The van der Waals surface area contributed by atoms with Crippen molar-refractivity contribution in [2.75, 3.05) is 0 Å². The Balaban J connectivity index is 1.69. The molecule has 2 unspecified atom stereocenters. The molecule has 2 aliphatic rings. The molecular formula is C15H16ClFO. The third kappa shape index (κ3) is 2.18. The van der Waals surface area contributed by atoms with Gasteiger partial charge in [-0.3, -0.25) is 4.79 Å². The van der Waals surface area contributed by atoms with Gasteiger partial charge in [-0.25, -0.2) is 4.39 Å². The van der Waals surface area contributed by atoms with Gasteiger partial charge in [0.15, 0.2) is 0 Å². The van der Waals surface area contributed by atoms with Crippen molar-refractivity contribution in [3.05, 3.63) is 34.6 Å². The Morgan fingerprint density at radius 3 is 2.61 bits per heavy atom. The van der Waals surface area contributed by atoms with Gasteiger partial charge in [0, 0.05) is 17.4 Å². The van der Waals surface area contributed by atoms with Crippen LogP contribution in [0.25, 0.3) is 0 Å². The summed E-state index contributed by atoms with van der Waals surface area (Å²) in [6, 6.07) is 4.24. The monoisotopic (exact) mass is 266 g/mol. The van der Waals surface area contributed by atoms with E-state index in [-0.39, 0.29) is 23.9 Å². The topological polar surface area (TPSA) is 17.1 Å². The van der Waals surface area contributed by atoms with Crippen LogP contribution in [0.1, 0.15) is 31.2 Å². The molecule has 0 saturated heterocycles. The molecule has 3 rings (SSSR count). The first kappa shape index (κ1) is 12.2. The van der Waals surface area contributed by atoms with Crippen LogP contribution in [-0.2, 0) is 11.2 Å². The molecule has 18 heavy (non-hydrogen) atoms. The lowest BCUT2D eigenvalue weighted by molar-refractivity contribution is -0.120. The van der Waals surface area contributed by atoms with Crippen LogP contribution in [0.2, 0.25) is 5.02 Å². The molecule has 2 fully saturated rings. The number of halogens is 2. The molecule has 0 amide bonds. The zero-order valence-corrected chi connectivity index (χ0v) is 10.9. The van der Waals surface area contributed by atoms with E-state index in [1.54, 1.807) is 0 Å². The number of fused-ring (bicyclic) bond motifs is 1. The van der Waals surface area contributed by atoms with Gasteiger partial charge >= 0.3 is 0 Å². The van der Waals surface area contributed by atoms with Crippen molar-refractivity contribution < 1.29 is 9.18 Å². The Morgan fingerprint density at radius 1 is 1.28 bits per heavy atom. The normalized spacial score (nSPS) is 29.8. The highest BCUT2D eigenvalue weighted by molar-refractivity contribution is 6.31. The number of carbonyl (C=O) groups is 1. The minimum absolute atomic E-state index is 0.229. The number of benzene rings is 1.